The number of hydrogen-bond donors (Lipinski definition) is 1. The van der Waals surface area contributed by atoms with Crippen molar-refractivity contribution in [2.75, 3.05) is 13.2 Å². The van der Waals surface area contributed by atoms with Gasteiger partial charge >= 0.3 is 0 Å². The van der Waals surface area contributed by atoms with E-state index >= 15 is 0 Å². The molecular formula is C13H20BrNO3S2. The fraction of sp³-hybridized carbons (Fsp3) is 0.692. The smallest absolute Gasteiger partial charge is 0.250 e. The molecule has 1 aliphatic carbocycles. The topological polar surface area (TPSA) is 55.4 Å². The van der Waals surface area contributed by atoms with E-state index in [1.54, 1.807) is 12.1 Å². The number of halogens is 1. The molecule has 0 atom stereocenters. The van der Waals surface area contributed by atoms with Crippen LogP contribution in [0.3, 0.4) is 0 Å². The van der Waals surface area contributed by atoms with Gasteiger partial charge in [-0.05, 0) is 47.3 Å². The molecular weight excluding hydrogens is 362 g/mol. The Kier molecular flexibility index (Phi) is 6.48. The van der Waals surface area contributed by atoms with Crippen molar-refractivity contribution >= 4 is 37.3 Å². The molecule has 1 fully saturated rings. The molecule has 114 valence electrons. The van der Waals surface area contributed by atoms with E-state index in [9.17, 15) is 8.42 Å². The second-order valence-electron chi connectivity index (χ2n) is 4.94. The first-order valence-electron chi connectivity index (χ1n) is 6.94. The number of thiophene rings is 1. The molecule has 1 heterocycles. The van der Waals surface area contributed by atoms with Gasteiger partial charge in [0.15, 0.2) is 0 Å². The van der Waals surface area contributed by atoms with E-state index in [0.29, 0.717) is 29.9 Å². The van der Waals surface area contributed by atoms with Crippen LogP contribution in [0.4, 0.5) is 0 Å². The van der Waals surface area contributed by atoms with Crippen LogP contribution < -0.4 is 4.72 Å². The fourth-order valence-electron chi connectivity index (χ4n) is 2.27. The minimum absolute atomic E-state index is 0.345. The monoisotopic (exact) mass is 381 g/mol. The third kappa shape index (κ3) is 5.11. The van der Waals surface area contributed by atoms with E-state index < -0.39 is 10.0 Å². The molecule has 1 aromatic heterocycles. The lowest BCUT2D eigenvalue weighted by Crippen LogP contribution is -2.25. The fourth-order valence-corrected chi connectivity index (χ4v) is 5.40. The summed E-state index contributed by atoms with van der Waals surface area (Å²) in [5, 5.41) is 0. The quantitative estimate of drug-likeness (QED) is 0.734. The van der Waals surface area contributed by atoms with Crippen molar-refractivity contribution < 1.29 is 13.2 Å². The van der Waals surface area contributed by atoms with Crippen LogP contribution in [0, 0.1) is 0 Å². The highest BCUT2D eigenvalue weighted by Gasteiger charge is 2.16. The molecule has 0 amide bonds. The SMILES string of the molecule is O=S(=O)(NCCCOC1CCCCC1)c1ccc(Br)s1. The van der Waals surface area contributed by atoms with Crippen molar-refractivity contribution in [2.45, 2.75) is 48.8 Å². The molecule has 20 heavy (non-hydrogen) atoms. The predicted octanol–water partition coefficient (Wildman–Crippen LogP) is 3.53. The second kappa shape index (κ2) is 7.89. The summed E-state index contributed by atoms with van der Waals surface area (Å²) in [5.74, 6) is 0. The van der Waals surface area contributed by atoms with Crippen LogP contribution in [-0.2, 0) is 14.8 Å². The highest BCUT2D eigenvalue weighted by atomic mass is 79.9. The van der Waals surface area contributed by atoms with Gasteiger partial charge in [0.05, 0.1) is 9.89 Å². The van der Waals surface area contributed by atoms with Crippen LogP contribution in [0.2, 0.25) is 0 Å². The second-order valence-corrected chi connectivity index (χ2v) is 9.40. The van der Waals surface area contributed by atoms with E-state index in [2.05, 4.69) is 20.7 Å². The molecule has 7 heteroatoms. The summed E-state index contributed by atoms with van der Waals surface area (Å²) < 4.78 is 33.4. The van der Waals surface area contributed by atoms with Gasteiger partial charge in [-0.25, -0.2) is 13.1 Å². The summed E-state index contributed by atoms with van der Waals surface area (Å²) in [5.41, 5.74) is 0. The van der Waals surface area contributed by atoms with Gasteiger partial charge in [0.2, 0.25) is 10.0 Å². The summed E-state index contributed by atoms with van der Waals surface area (Å²) in [6.07, 6.45) is 7.21. The van der Waals surface area contributed by atoms with Gasteiger partial charge in [0.25, 0.3) is 0 Å². The number of rotatable bonds is 7. The van der Waals surface area contributed by atoms with Gasteiger partial charge in [-0.3, -0.25) is 0 Å². The Morgan fingerprint density at radius 2 is 2.05 bits per heavy atom. The molecule has 2 rings (SSSR count). The van der Waals surface area contributed by atoms with Gasteiger partial charge in [0.1, 0.15) is 4.21 Å². The lowest BCUT2D eigenvalue weighted by molar-refractivity contribution is 0.0278. The first-order valence-corrected chi connectivity index (χ1v) is 10.0. The lowest BCUT2D eigenvalue weighted by Gasteiger charge is -2.21. The number of sulfonamides is 1. The van der Waals surface area contributed by atoms with Crippen LogP contribution in [0.15, 0.2) is 20.1 Å². The summed E-state index contributed by atoms with van der Waals surface area (Å²) in [6.45, 7) is 1.05. The van der Waals surface area contributed by atoms with Gasteiger partial charge in [-0.1, -0.05) is 19.3 Å². The van der Waals surface area contributed by atoms with Crippen LogP contribution in [-0.4, -0.2) is 27.7 Å². The average Bonchev–Trinajstić information content (AvgIpc) is 2.87. The maximum absolute atomic E-state index is 11.9. The van der Waals surface area contributed by atoms with E-state index in [0.717, 1.165) is 16.6 Å². The Labute approximate surface area is 133 Å². The largest absolute Gasteiger partial charge is 0.378 e. The molecule has 0 spiro atoms. The molecule has 1 N–H and O–H groups in total. The van der Waals surface area contributed by atoms with Crippen molar-refractivity contribution in [2.24, 2.45) is 0 Å². The zero-order valence-corrected chi connectivity index (χ0v) is 14.5. The molecule has 0 aliphatic heterocycles. The third-order valence-corrected chi connectivity index (χ3v) is 6.91. The third-order valence-electron chi connectivity index (χ3n) is 3.33. The van der Waals surface area contributed by atoms with E-state index in [1.165, 1.54) is 30.6 Å². The highest BCUT2D eigenvalue weighted by molar-refractivity contribution is 9.11. The highest BCUT2D eigenvalue weighted by Crippen LogP contribution is 2.25. The Hall–Kier alpha value is 0.0500. The first kappa shape index (κ1) is 16.4. The van der Waals surface area contributed by atoms with Gasteiger partial charge in [-0.15, -0.1) is 11.3 Å². The summed E-state index contributed by atoms with van der Waals surface area (Å²) in [4.78, 5) is 0. The zero-order valence-electron chi connectivity index (χ0n) is 11.3. The number of hydrogen-bond acceptors (Lipinski definition) is 4. The molecule has 4 nitrogen and oxygen atoms in total. The van der Waals surface area contributed by atoms with Crippen molar-refractivity contribution in [3.63, 3.8) is 0 Å². The first-order chi connectivity index (χ1) is 9.58. The molecule has 1 aromatic rings. The minimum Gasteiger partial charge on any atom is -0.378 e. The molecule has 0 bridgehead atoms. The van der Waals surface area contributed by atoms with Crippen molar-refractivity contribution in [1.82, 2.24) is 4.72 Å². The Bertz CT molecular complexity index is 509. The van der Waals surface area contributed by atoms with E-state index in [-0.39, 0.29) is 0 Å². The minimum atomic E-state index is -3.36. The van der Waals surface area contributed by atoms with Gasteiger partial charge in [0, 0.05) is 13.2 Å². The van der Waals surface area contributed by atoms with Crippen molar-refractivity contribution in [3.8, 4) is 0 Å². The maximum Gasteiger partial charge on any atom is 0.250 e. The van der Waals surface area contributed by atoms with Crippen molar-refractivity contribution in [3.05, 3.63) is 15.9 Å². The van der Waals surface area contributed by atoms with Crippen LogP contribution >= 0.6 is 27.3 Å². The van der Waals surface area contributed by atoms with Gasteiger partial charge < -0.3 is 4.74 Å². The standard InChI is InChI=1S/C13H20BrNO3S2/c14-12-7-8-13(19-12)20(16,17)15-9-4-10-18-11-5-2-1-3-6-11/h7-8,11,15H,1-6,9-10H2. The summed E-state index contributed by atoms with van der Waals surface area (Å²) >= 11 is 4.48. The normalized spacial score (nSPS) is 17.4. The molecule has 0 unspecified atom stereocenters. The average molecular weight is 382 g/mol. The molecule has 1 aliphatic rings. The Morgan fingerprint density at radius 1 is 1.30 bits per heavy atom. The van der Waals surface area contributed by atoms with Crippen LogP contribution in [0.5, 0.6) is 0 Å². The molecule has 0 saturated heterocycles. The van der Waals surface area contributed by atoms with Crippen LogP contribution in [0.25, 0.3) is 0 Å². The number of nitrogens with one attached hydrogen (secondary N) is 1. The van der Waals surface area contributed by atoms with E-state index in [1.807, 2.05) is 0 Å². The molecule has 0 aromatic carbocycles. The summed E-state index contributed by atoms with van der Waals surface area (Å²) in [7, 11) is -3.36. The zero-order chi connectivity index (χ0) is 14.4. The molecule has 0 radical (unpaired) electrons. The Balaban J connectivity index is 1.65. The van der Waals surface area contributed by atoms with Crippen LogP contribution in [0.1, 0.15) is 38.5 Å². The van der Waals surface area contributed by atoms with Crippen molar-refractivity contribution in [1.29, 1.82) is 0 Å². The predicted molar refractivity (Wildman–Crippen MR) is 84.6 cm³/mol. The lowest BCUT2D eigenvalue weighted by atomic mass is 9.98. The van der Waals surface area contributed by atoms with Gasteiger partial charge in [-0.2, -0.15) is 0 Å². The summed E-state index contributed by atoms with van der Waals surface area (Å²) in [6, 6.07) is 3.35. The Morgan fingerprint density at radius 3 is 2.70 bits per heavy atom. The molecule has 1 saturated carbocycles. The van der Waals surface area contributed by atoms with E-state index in [4.69, 9.17) is 4.74 Å². The maximum atomic E-state index is 11.9. The number of ether oxygens (including phenoxy) is 1.